The number of aryl methyl sites for hydroxylation is 2. The number of halogens is 2. The van der Waals surface area contributed by atoms with Crippen molar-refractivity contribution < 1.29 is 4.39 Å². The summed E-state index contributed by atoms with van der Waals surface area (Å²) in [5.74, 6) is 0.437. The van der Waals surface area contributed by atoms with Gasteiger partial charge in [-0.2, -0.15) is 0 Å². The minimum atomic E-state index is -0.293. The van der Waals surface area contributed by atoms with Crippen LogP contribution in [0.3, 0.4) is 0 Å². The summed E-state index contributed by atoms with van der Waals surface area (Å²) in [4.78, 5) is 0. The number of benzene rings is 1. The van der Waals surface area contributed by atoms with Gasteiger partial charge >= 0.3 is 0 Å². The summed E-state index contributed by atoms with van der Waals surface area (Å²) in [6, 6.07) is 4.04. The Hall–Kier alpha value is -0.600. The van der Waals surface area contributed by atoms with Crippen molar-refractivity contribution in [1.29, 1.82) is 0 Å². The number of hydrogen-bond donors (Lipinski definition) is 1. The molecule has 1 nitrogen and oxygen atoms in total. The normalized spacial score (nSPS) is 24.2. The average Bonchev–Trinajstić information content (AvgIpc) is 2.69. The van der Waals surface area contributed by atoms with Crippen molar-refractivity contribution in [2.75, 3.05) is 0 Å². The van der Waals surface area contributed by atoms with Crippen molar-refractivity contribution in [3.63, 3.8) is 0 Å². The molecule has 1 fully saturated rings. The first kappa shape index (κ1) is 12.8. The van der Waals surface area contributed by atoms with Gasteiger partial charge in [0.2, 0.25) is 0 Å². The molecule has 2 atom stereocenters. The Morgan fingerprint density at radius 2 is 2.18 bits per heavy atom. The lowest BCUT2D eigenvalue weighted by Gasteiger charge is -2.10. The molecule has 0 aliphatic heterocycles. The molecule has 1 aliphatic rings. The Morgan fingerprint density at radius 3 is 2.76 bits per heavy atom. The third kappa shape index (κ3) is 3.20. The molecule has 2 rings (SSSR count). The lowest BCUT2D eigenvalue weighted by atomic mass is 9.97. The van der Waals surface area contributed by atoms with E-state index in [0.717, 1.165) is 37.2 Å². The first-order chi connectivity index (χ1) is 8.06. The van der Waals surface area contributed by atoms with Crippen molar-refractivity contribution in [2.45, 2.75) is 45.1 Å². The van der Waals surface area contributed by atoms with Crippen LogP contribution in [0.15, 0.2) is 12.1 Å². The predicted octanol–water partition coefficient (Wildman–Crippen LogP) is 3.85. The second-order valence-corrected chi connectivity index (χ2v) is 5.59. The van der Waals surface area contributed by atoms with Crippen molar-refractivity contribution in [3.05, 3.63) is 34.1 Å². The molecule has 0 bridgehead atoms. The molecule has 1 aromatic carbocycles. The molecule has 2 N–H and O–H groups in total. The monoisotopic (exact) mass is 255 g/mol. The van der Waals surface area contributed by atoms with Crippen LogP contribution in [-0.2, 0) is 6.42 Å². The standard InChI is InChI=1S/C14H19ClFN/c1-9-6-11(8-13(15)14(9)16)3-2-10-4-5-12(17)7-10/h6,8,10,12H,2-5,7,17H2,1H3/t10?,12-/m0/s1. The molecule has 0 heterocycles. The van der Waals surface area contributed by atoms with Gasteiger partial charge in [-0.25, -0.2) is 4.39 Å². The van der Waals surface area contributed by atoms with Crippen LogP contribution in [0.2, 0.25) is 5.02 Å². The van der Waals surface area contributed by atoms with Gasteiger partial charge in [0.1, 0.15) is 5.82 Å². The molecule has 0 saturated heterocycles. The molecule has 1 aliphatic carbocycles. The molecule has 0 aromatic heterocycles. The van der Waals surface area contributed by atoms with E-state index in [-0.39, 0.29) is 10.8 Å². The maximum absolute atomic E-state index is 13.4. The molecular formula is C14H19ClFN. The van der Waals surface area contributed by atoms with Crippen molar-refractivity contribution >= 4 is 11.6 Å². The van der Waals surface area contributed by atoms with E-state index < -0.39 is 0 Å². The fourth-order valence-corrected chi connectivity index (χ4v) is 2.98. The molecule has 1 saturated carbocycles. The lowest BCUT2D eigenvalue weighted by molar-refractivity contribution is 0.495. The number of hydrogen-bond acceptors (Lipinski definition) is 1. The molecule has 94 valence electrons. The highest BCUT2D eigenvalue weighted by molar-refractivity contribution is 6.30. The molecule has 0 amide bonds. The van der Waals surface area contributed by atoms with Gasteiger partial charge in [0, 0.05) is 6.04 Å². The van der Waals surface area contributed by atoms with Crippen LogP contribution in [0.1, 0.15) is 36.8 Å². The van der Waals surface area contributed by atoms with E-state index in [1.807, 2.05) is 6.07 Å². The summed E-state index contributed by atoms with van der Waals surface area (Å²) in [6.45, 7) is 1.76. The second-order valence-electron chi connectivity index (χ2n) is 5.19. The van der Waals surface area contributed by atoms with Gasteiger partial charge < -0.3 is 5.73 Å². The van der Waals surface area contributed by atoms with Crippen molar-refractivity contribution in [1.82, 2.24) is 0 Å². The second kappa shape index (κ2) is 5.36. The Morgan fingerprint density at radius 1 is 1.41 bits per heavy atom. The van der Waals surface area contributed by atoms with Crippen LogP contribution in [-0.4, -0.2) is 6.04 Å². The highest BCUT2D eigenvalue weighted by Gasteiger charge is 2.21. The van der Waals surface area contributed by atoms with E-state index in [4.69, 9.17) is 17.3 Å². The highest BCUT2D eigenvalue weighted by atomic mass is 35.5. The Balaban J connectivity index is 1.95. The largest absolute Gasteiger partial charge is 0.328 e. The predicted molar refractivity (Wildman–Crippen MR) is 69.8 cm³/mol. The minimum Gasteiger partial charge on any atom is -0.328 e. The lowest BCUT2D eigenvalue weighted by Crippen LogP contribution is -2.14. The summed E-state index contributed by atoms with van der Waals surface area (Å²) < 4.78 is 13.4. The molecule has 17 heavy (non-hydrogen) atoms. The zero-order chi connectivity index (χ0) is 12.4. The first-order valence-corrected chi connectivity index (χ1v) is 6.64. The quantitative estimate of drug-likeness (QED) is 0.872. The van der Waals surface area contributed by atoms with Gasteiger partial charge in [0.25, 0.3) is 0 Å². The molecule has 1 unspecified atom stereocenters. The van der Waals surface area contributed by atoms with Crippen LogP contribution >= 0.6 is 11.6 Å². The van der Waals surface area contributed by atoms with Crippen molar-refractivity contribution in [2.24, 2.45) is 11.7 Å². The molecule has 0 spiro atoms. The van der Waals surface area contributed by atoms with Crippen LogP contribution < -0.4 is 5.73 Å². The van der Waals surface area contributed by atoms with E-state index in [9.17, 15) is 4.39 Å². The number of nitrogens with two attached hydrogens (primary N) is 1. The van der Waals surface area contributed by atoms with Gasteiger partial charge in [-0.05, 0) is 62.1 Å². The van der Waals surface area contributed by atoms with Crippen LogP contribution in [0.25, 0.3) is 0 Å². The van der Waals surface area contributed by atoms with Crippen molar-refractivity contribution in [3.8, 4) is 0 Å². The molecular weight excluding hydrogens is 237 g/mol. The fraction of sp³-hybridized carbons (Fsp3) is 0.571. The summed E-state index contributed by atoms with van der Waals surface area (Å²) in [5, 5.41) is 0.239. The zero-order valence-electron chi connectivity index (χ0n) is 10.2. The summed E-state index contributed by atoms with van der Waals surface area (Å²) in [5.41, 5.74) is 7.66. The Labute approximate surface area is 107 Å². The van der Waals surface area contributed by atoms with Gasteiger partial charge in [0.15, 0.2) is 0 Å². The van der Waals surface area contributed by atoms with E-state index in [1.54, 1.807) is 13.0 Å². The fourth-order valence-electron chi connectivity index (χ4n) is 2.69. The van der Waals surface area contributed by atoms with Gasteiger partial charge in [0.05, 0.1) is 5.02 Å². The third-order valence-corrected chi connectivity index (χ3v) is 3.97. The Kier molecular flexibility index (Phi) is 4.05. The highest BCUT2D eigenvalue weighted by Crippen LogP contribution is 2.29. The summed E-state index contributed by atoms with van der Waals surface area (Å²) in [7, 11) is 0. The zero-order valence-corrected chi connectivity index (χ0v) is 10.9. The van der Waals surface area contributed by atoms with Gasteiger partial charge in [-0.15, -0.1) is 0 Å². The SMILES string of the molecule is Cc1cc(CCC2CC[C@H](N)C2)cc(Cl)c1F. The third-order valence-electron chi connectivity index (χ3n) is 3.69. The first-order valence-electron chi connectivity index (χ1n) is 6.26. The van der Waals surface area contributed by atoms with Gasteiger partial charge in [-0.1, -0.05) is 17.7 Å². The minimum absolute atomic E-state index is 0.239. The van der Waals surface area contributed by atoms with E-state index in [2.05, 4.69) is 0 Å². The maximum Gasteiger partial charge on any atom is 0.144 e. The van der Waals surface area contributed by atoms with Crippen LogP contribution in [0.4, 0.5) is 4.39 Å². The average molecular weight is 256 g/mol. The Bertz CT molecular complexity index is 382. The molecule has 1 aromatic rings. The molecule has 0 radical (unpaired) electrons. The summed E-state index contributed by atoms with van der Waals surface area (Å²) >= 11 is 5.84. The number of rotatable bonds is 3. The van der Waals surface area contributed by atoms with E-state index in [0.29, 0.717) is 11.6 Å². The topological polar surface area (TPSA) is 26.0 Å². The van der Waals surface area contributed by atoms with Crippen LogP contribution in [0.5, 0.6) is 0 Å². The van der Waals surface area contributed by atoms with Gasteiger partial charge in [-0.3, -0.25) is 0 Å². The van der Waals surface area contributed by atoms with E-state index >= 15 is 0 Å². The smallest absolute Gasteiger partial charge is 0.144 e. The maximum atomic E-state index is 13.4. The van der Waals surface area contributed by atoms with Crippen LogP contribution in [0, 0.1) is 18.7 Å². The van der Waals surface area contributed by atoms with E-state index in [1.165, 1.54) is 6.42 Å². The molecule has 3 heteroatoms. The summed E-state index contributed by atoms with van der Waals surface area (Å²) in [6.07, 6.45) is 5.62.